The number of benzene rings is 2. The van der Waals surface area contributed by atoms with E-state index in [1.54, 1.807) is 31.2 Å². The molecule has 1 atom stereocenters. The van der Waals surface area contributed by atoms with Crippen LogP contribution >= 0.6 is 15.9 Å². The van der Waals surface area contributed by atoms with Gasteiger partial charge in [0.2, 0.25) is 21.8 Å². The van der Waals surface area contributed by atoms with E-state index in [1.165, 1.54) is 4.90 Å². The van der Waals surface area contributed by atoms with E-state index in [1.807, 2.05) is 31.2 Å². The molecule has 1 fully saturated rings. The van der Waals surface area contributed by atoms with Crippen molar-refractivity contribution in [2.75, 3.05) is 17.1 Å². The van der Waals surface area contributed by atoms with E-state index < -0.39 is 28.5 Å². The van der Waals surface area contributed by atoms with Crippen LogP contribution in [0.1, 0.15) is 43.7 Å². The van der Waals surface area contributed by atoms with Crippen molar-refractivity contribution in [1.82, 2.24) is 10.2 Å². The molecule has 2 aromatic carbocycles. The highest BCUT2D eigenvalue weighted by molar-refractivity contribution is 9.10. The maximum Gasteiger partial charge on any atom is 0.244 e. The smallest absolute Gasteiger partial charge is 0.244 e. The molecule has 0 heterocycles. The Morgan fingerprint density at radius 3 is 2.35 bits per heavy atom. The van der Waals surface area contributed by atoms with Crippen molar-refractivity contribution < 1.29 is 18.0 Å². The predicted molar refractivity (Wildman–Crippen MR) is 138 cm³/mol. The van der Waals surface area contributed by atoms with Crippen LogP contribution in [-0.4, -0.2) is 50.0 Å². The molecule has 1 aliphatic rings. The van der Waals surface area contributed by atoms with E-state index >= 15 is 0 Å². The Kier molecular flexibility index (Phi) is 8.76. The van der Waals surface area contributed by atoms with Gasteiger partial charge in [-0.3, -0.25) is 13.9 Å². The van der Waals surface area contributed by atoms with Gasteiger partial charge in [-0.05, 0) is 56.5 Å². The van der Waals surface area contributed by atoms with Gasteiger partial charge >= 0.3 is 0 Å². The second-order valence-corrected chi connectivity index (χ2v) is 11.7. The molecule has 0 radical (unpaired) electrons. The molecule has 7 nitrogen and oxygen atoms in total. The number of carbonyl (C=O) groups excluding carboxylic acids is 2. The first-order valence-electron chi connectivity index (χ1n) is 11.4. The number of halogens is 1. The SMILES string of the molecule is Cc1ccc(N(CC(=O)N(Cc2cccc(Br)c2)[C@@H](C)C(=O)NC2CCCC2)S(C)(=O)=O)cc1. The van der Waals surface area contributed by atoms with Gasteiger partial charge in [0.15, 0.2) is 0 Å². The summed E-state index contributed by atoms with van der Waals surface area (Å²) in [5, 5.41) is 3.06. The molecule has 1 aliphatic carbocycles. The van der Waals surface area contributed by atoms with Gasteiger partial charge in [-0.2, -0.15) is 0 Å². The lowest BCUT2D eigenvalue weighted by Gasteiger charge is -2.32. The Balaban J connectivity index is 1.87. The molecule has 184 valence electrons. The summed E-state index contributed by atoms with van der Waals surface area (Å²) in [5.74, 6) is -0.670. The molecule has 0 aromatic heterocycles. The monoisotopic (exact) mass is 549 g/mol. The third kappa shape index (κ3) is 7.06. The second kappa shape index (κ2) is 11.4. The summed E-state index contributed by atoms with van der Waals surface area (Å²) >= 11 is 3.45. The van der Waals surface area contributed by atoms with Crippen LogP contribution in [0.15, 0.2) is 53.0 Å². The summed E-state index contributed by atoms with van der Waals surface area (Å²) in [7, 11) is -3.73. The van der Waals surface area contributed by atoms with Gasteiger partial charge in [0.05, 0.1) is 11.9 Å². The van der Waals surface area contributed by atoms with Gasteiger partial charge in [-0.15, -0.1) is 0 Å². The number of sulfonamides is 1. The molecule has 2 amide bonds. The van der Waals surface area contributed by atoms with Crippen LogP contribution in [0.5, 0.6) is 0 Å². The molecule has 0 aliphatic heterocycles. The average Bonchev–Trinajstić information content (AvgIpc) is 3.28. The topological polar surface area (TPSA) is 86.8 Å². The van der Waals surface area contributed by atoms with Gasteiger partial charge in [0.25, 0.3) is 0 Å². The third-order valence-electron chi connectivity index (χ3n) is 6.11. The quantitative estimate of drug-likeness (QED) is 0.512. The lowest BCUT2D eigenvalue weighted by atomic mass is 10.1. The number of hydrogen-bond donors (Lipinski definition) is 1. The number of aryl methyl sites for hydroxylation is 1. The number of hydrogen-bond acceptors (Lipinski definition) is 4. The molecule has 2 aromatic rings. The Morgan fingerprint density at radius 1 is 1.12 bits per heavy atom. The number of amides is 2. The summed E-state index contributed by atoms with van der Waals surface area (Å²) in [5.41, 5.74) is 2.23. The molecule has 0 unspecified atom stereocenters. The third-order valence-corrected chi connectivity index (χ3v) is 7.75. The lowest BCUT2D eigenvalue weighted by Crippen LogP contribution is -2.52. The van der Waals surface area contributed by atoms with Crippen molar-refractivity contribution in [3.05, 3.63) is 64.1 Å². The van der Waals surface area contributed by atoms with E-state index in [9.17, 15) is 18.0 Å². The zero-order valence-corrected chi connectivity index (χ0v) is 22.2. The Bertz CT molecular complexity index is 1120. The largest absolute Gasteiger partial charge is 0.352 e. The summed E-state index contributed by atoms with van der Waals surface area (Å²) in [4.78, 5) is 28.0. The van der Waals surface area contributed by atoms with E-state index in [0.29, 0.717) is 5.69 Å². The summed E-state index contributed by atoms with van der Waals surface area (Å²) in [6, 6.07) is 13.8. The molecular formula is C25H32BrN3O4S. The normalized spacial score (nSPS) is 15.1. The molecular weight excluding hydrogens is 518 g/mol. The highest BCUT2D eigenvalue weighted by Crippen LogP contribution is 2.21. The minimum atomic E-state index is -3.73. The molecule has 3 rings (SSSR count). The van der Waals surface area contributed by atoms with Crippen LogP contribution in [0.25, 0.3) is 0 Å². The molecule has 1 N–H and O–H groups in total. The number of anilines is 1. The molecule has 0 spiro atoms. The second-order valence-electron chi connectivity index (χ2n) is 8.92. The first-order valence-corrected chi connectivity index (χ1v) is 14.1. The first kappa shape index (κ1) is 26.2. The Morgan fingerprint density at radius 2 is 1.76 bits per heavy atom. The average molecular weight is 551 g/mol. The van der Waals surface area contributed by atoms with E-state index in [2.05, 4.69) is 21.2 Å². The van der Waals surface area contributed by atoms with Crippen LogP contribution < -0.4 is 9.62 Å². The number of carbonyl (C=O) groups is 2. The van der Waals surface area contributed by atoms with Crippen molar-refractivity contribution in [2.45, 2.75) is 58.2 Å². The van der Waals surface area contributed by atoms with Crippen molar-refractivity contribution >= 4 is 43.5 Å². The minimum absolute atomic E-state index is 0.123. The number of nitrogens with one attached hydrogen (secondary N) is 1. The predicted octanol–water partition coefficient (Wildman–Crippen LogP) is 4.00. The van der Waals surface area contributed by atoms with E-state index in [0.717, 1.165) is 51.8 Å². The van der Waals surface area contributed by atoms with Crippen LogP contribution in [0.4, 0.5) is 5.69 Å². The highest BCUT2D eigenvalue weighted by atomic mass is 79.9. The molecule has 34 heavy (non-hydrogen) atoms. The fraction of sp³-hybridized carbons (Fsp3) is 0.440. The number of nitrogens with zero attached hydrogens (tertiary/aromatic N) is 2. The van der Waals surface area contributed by atoms with Gasteiger partial charge in [-0.1, -0.05) is 58.6 Å². The summed E-state index contributed by atoms with van der Waals surface area (Å²) in [6.07, 6.45) is 5.12. The first-order chi connectivity index (χ1) is 16.0. The Hall–Kier alpha value is -2.39. The Labute approximate surface area is 210 Å². The van der Waals surface area contributed by atoms with Gasteiger partial charge in [0.1, 0.15) is 12.6 Å². The van der Waals surface area contributed by atoms with Crippen LogP contribution in [-0.2, 0) is 26.2 Å². The molecule has 9 heteroatoms. The van der Waals surface area contributed by atoms with Crippen molar-refractivity contribution in [2.24, 2.45) is 0 Å². The van der Waals surface area contributed by atoms with Crippen LogP contribution in [0, 0.1) is 6.92 Å². The zero-order valence-electron chi connectivity index (χ0n) is 19.8. The fourth-order valence-electron chi connectivity index (χ4n) is 4.13. The van der Waals surface area contributed by atoms with Crippen molar-refractivity contribution in [1.29, 1.82) is 0 Å². The maximum absolute atomic E-state index is 13.5. The van der Waals surface area contributed by atoms with Gasteiger partial charge in [0, 0.05) is 17.1 Å². The van der Waals surface area contributed by atoms with Crippen molar-refractivity contribution in [3.8, 4) is 0 Å². The molecule has 0 bridgehead atoms. The van der Waals surface area contributed by atoms with Crippen LogP contribution in [0.2, 0.25) is 0 Å². The maximum atomic E-state index is 13.5. The molecule has 0 saturated heterocycles. The standard InChI is InChI=1S/C25H32BrN3O4S/c1-18-11-13-23(14-12-18)29(34(3,32)33)17-24(30)28(16-20-7-6-8-21(26)15-20)19(2)25(31)27-22-9-4-5-10-22/h6-8,11-15,19,22H,4-5,9-10,16-17H2,1-3H3,(H,27,31)/t19-/m0/s1. The minimum Gasteiger partial charge on any atom is -0.352 e. The van der Waals surface area contributed by atoms with Gasteiger partial charge in [-0.25, -0.2) is 8.42 Å². The zero-order chi connectivity index (χ0) is 24.9. The number of rotatable bonds is 9. The summed E-state index contributed by atoms with van der Waals surface area (Å²) < 4.78 is 27.1. The lowest BCUT2D eigenvalue weighted by molar-refractivity contribution is -0.139. The summed E-state index contributed by atoms with van der Waals surface area (Å²) in [6.45, 7) is 3.39. The van der Waals surface area contributed by atoms with Gasteiger partial charge < -0.3 is 10.2 Å². The van der Waals surface area contributed by atoms with E-state index in [4.69, 9.17) is 0 Å². The van der Waals surface area contributed by atoms with E-state index in [-0.39, 0.29) is 18.5 Å². The highest BCUT2D eigenvalue weighted by Gasteiger charge is 2.31. The fourth-order valence-corrected chi connectivity index (χ4v) is 5.43. The van der Waals surface area contributed by atoms with Crippen molar-refractivity contribution in [3.63, 3.8) is 0 Å². The molecule has 1 saturated carbocycles. The van der Waals surface area contributed by atoms with Crippen LogP contribution in [0.3, 0.4) is 0 Å².